The van der Waals surface area contributed by atoms with Gasteiger partial charge < -0.3 is 14.4 Å². The molecular formula is C24H24N4O5. The van der Waals surface area contributed by atoms with E-state index in [0.29, 0.717) is 31.6 Å². The van der Waals surface area contributed by atoms with E-state index in [4.69, 9.17) is 9.47 Å². The van der Waals surface area contributed by atoms with E-state index in [2.05, 4.69) is 10.2 Å². The summed E-state index contributed by atoms with van der Waals surface area (Å²) in [4.78, 5) is 41.4. The lowest BCUT2D eigenvalue weighted by Crippen LogP contribution is -2.52. The molecule has 2 aliphatic heterocycles. The molecule has 0 spiro atoms. The van der Waals surface area contributed by atoms with Crippen LogP contribution in [0.5, 0.6) is 0 Å². The number of amides is 2. The van der Waals surface area contributed by atoms with Gasteiger partial charge in [0.15, 0.2) is 11.7 Å². The summed E-state index contributed by atoms with van der Waals surface area (Å²) in [5.74, 6) is -0.625. The first-order chi connectivity index (χ1) is 16.1. The van der Waals surface area contributed by atoms with Crippen molar-refractivity contribution in [3.05, 3.63) is 65.9 Å². The molecule has 2 amide bonds. The Morgan fingerprint density at radius 3 is 2.58 bits per heavy atom. The summed E-state index contributed by atoms with van der Waals surface area (Å²) in [5, 5.41) is 7.88. The molecule has 33 heavy (non-hydrogen) atoms. The second-order valence-corrected chi connectivity index (χ2v) is 8.23. The molecule has 9 nitrogen and oxygen atoms in total. The number of nitrogens with one attached hydrogen (secondary N) is 1. The summed E-state index contributed by atoms with van der Waals surface area (Å²) in [7, 11) is 0. The van der Waals surface area contributed by atoms with Crippen molar-refractivity contribution in [3.8, 4) is 0 Å². The molecule has 3 heterocycles. The van der Waals surface area contributed by atoms with Crippen LogP contribution in [0.15, 0.2) is 54.6 Å². The molecule has 1 N–H and O–H groups in total. The molecule has 2 aliphatic rings. The van der Waals surface area contributed by atoms with Gasteiger partial charge in [-0.25, -0.2) is 9.59 Å². The van der Waals surface area contributed by atoms with E-state index in [0.717, 1.165) is 16.5 Å². The number of aromatic amines is 1. The fourth-order valence-electron chi connectivity index (χ4n) is 4.47. The summed E-state index contributed by atoms with van der Waals surface area (Å²) in [5.41, 5.74) is 2.08. The van der Waals surface area contributed by atoms with Crippen LogP contribution in [-0.4, -0.2) is 69.7 Å². The molecule has 2 fully saturated rings. The number of H-pyrrole nitrogens is 1. The quantitative estimate of drug-likeness (QED) is 0.602. The number of piperidine rings is 1. The Bertz CT molecular complexity index is 1170. The van der Waals surface area contributed by atoms with Crippen LogP contribution in [0.1, 0.15) is 28.9 Å². The van der Waals surface area contributed by atoms with Gasteiger partial charge in [-0.05, 0) is 24.5 Å². The highest BCUT2D eigenvalue weighted by Crippen LogP contribution is 2.26. The van der Waals surface area contributed by atoms with Crippen molar-refractivity contribution < 1.29 is 23.9 Å². The van der Waals surface area contributed by atoms with Gasteiger partial charge in [0, 0.05) is 24.5 Å². The highest BCUT2D eigenvalue weighted by atomic mass is 16.6. The van der Waals surface area contributed by atoms with Crippen LogP contribution in [0, 0.1) is 0 Å². The van der Waals surface area contributed by atoms with Gasteiger partial charge in [0.05, 0.1) is 5.52 Å². The number of benzene rings is 2. The maximum absolute atomic E-state index is 13.0. The molecule has 2 aromatic carbocycles. The third-order valence-electron chi connectivity index (χ3n) is 6.23. The summed E-state index contributed by atoms with van der Waals surface area (Å²) in [6.07, 6.45) is 0.580. The number of rotatable bonds is 5. The van der Waals surface area contributed by atoms with Gasteiger partial charge in [0.1, 0.15) is 13.2 Å². The zero-order valence-corrected chi connectivity index (χ0v) is 18.0. The zero-order chi connectivity index (χ0) is 22.8. The Morgan fingerprint density at radius 1 is 1.06 bits per heavy atom. The van der Waals surface area contributed by atoms with Crippen molar-refractivity contribution in [2.24, 2.45) is 0 Å². The summed E-state index contributed by atoms with van der Waals surface area (Å²) >= 11 is 0. The highest BCUT2D eigenvalue weighted by molar-refractivity contribution is 6.04. The normalized spacial score (nSPS) is 19.0. The number of fused-ring (bicyclic) bond motifs is 1. The first-order valence-electron chi connectivity index (χ1n) is 11.0. The maximum atomic E-state index is 13.0. The fourth-order valence-corrected chi connectivity index (χ4v) is 4.47. The van der Waals surface area contributed by atoms with Gasteiger partial charge in [0.25, 0.3) is 5.91 Å². The molecule has 170 valence electrons. The molecular weight excluding hydrogens is 424 g/mol. The number of carbonyl (C=O) groups is 3. The molecule has 0 bridgehead atoms. The Balaban J connectivity index is 1.21. The summed E-state index contributed by atoms with van der Waals surface area (Å²) in [6, 6.07) is 15.9. The van der Waals surface area contributed by atoms with Gasteiger partial charge in [-0.3, -0.25) is 14.8 Å². The van der Waals surface area contributed by atoms with Crippen LogP contribution in [0.4, 0.5) is 4.79 Å². The predicted octanol–water partition coefficient (Wildman–Crippen LogP) is 2.73. The van der Waals surface area contributed by atoms with Gasteiger partial charge in [-0.2, -0.15) is 5.10 Å². The molecule has 1 unspecified atom stereocenters. The van der Waals surface area contributed by atoms with Crippen molar-refractivity contribution in [2.75, 3.05) is 19.7 Å². The Kier molecular flexibility index (Phi) is 5.68. The predicted molar refractivity (Wildman–Crippen MR) is 118 cm³/mol. The maximum Gasteiger partial charge on any atom is 0.410 e. The van der Waals surface area contributed by atoms with Gasteiger partial charge in [-0.15, -0.1) is 0 Å². The van der Waals surface area contributed by atoms with Crippen molar-refractivity contribution in [3.63, 3.8) is 0 Å². The number of aromatic nitrogens is 2. The SMILES string of the molecule is O=C(OCc1ccccc1)C1COC(=O)N1C1CCN(C(=O)c2n[nH]c3ccccc23)CC1. The topological polar surface area (TPSA) is 105 Å². The summed E-state index contributed by atoms with van der Waals surface area (Å²) in [6.45, 7) is 1.04. The zero-order valence-electron chi connectivity index (χ0n) is 18.0. The minimum Gasteiger partial charge on any atom is -0.459 e. The second kappa shape index (κ2) is 8.93. The Labute approximate surface area is 190 Å². The average molecular weight is 448 g/mol. The van der Waals surface area contributed by atoms with E-state index in [1.807, 2.05) is 54.6 Å². The molecule has 1 aromatic heterocycles. The van der Waals surface area contributed by atoms with Crippen LogP contribution in [0.25, 0.3) is 10.9 Å². The van der Waals surface area contributed by atoms with Gasteiger partial charge in [0.2, 0.25) is 0 Å². The number of cyclic esters (lactones) is 1. The lowest BCUT2D eigenvalue weighted by atomic mass is 10.0. The number of hydrogen-bond donors (Lipinski definition) is 1. The number of nitrogens with zero attached hydrogens (tertiary/aromatic N) is 3. The molecule has 0 aliphatic carbocycles. The van der Waals surface area contributed by atoms with E-state index in [-0.39, 0.29) is 25.2 Å². The minimum absolute atomic E-state index is 0.0230. The van der Waals surface area contributed by atoms with Crippen LogP contribution in [0.2, 0.25) is 0 Å². The van der Waals surface area contributed by atoms with Crippen molar-refractivity contribution in [2.45, 2.75) is 31.5 Å². The molecule has 1 atom stereocenters. The molecule has 0 radical (unpaired) electrons. The van der Waals surface area contributed by atoms with Crippen LogP contribution < -0.4 is 0 Å². The monoisotopic (exact) mass is 448 g/mol. The Hall–Kier alpha value is -3.88. The van der Waals surface area contributed by atoms with E-state index in [1.54, 1.807) is 4.90 Å². The molecule has 3 aromatic rings. The standard InChI is InChI=1S/C24H24N4O5/c29-22(21-18-8-4-5-9-19(18)25-26-21)27-12-10-17(11-13-27)28-20(15-33-24(28)31)23(30)32-14-16-6-2-1-3-7-16/h1-9,17,20H,10-15H2,(H,25,26). The lowest BCUT2D eigenvalue weighted by Gasteiger charge is -2.37. The number of hydrogen-bond acceptors (Lipinski definition) is 6. The number of esters is 1. The number of likely N-dealkylation sites (tertiary alicyclic amines) is 1. The number of para-hydroxylation sites is 1. The second-order valence-electron chi connectivity index (χ2n) is 8.23. The third kappa shape index (κ3) is 4.13. The van der Waals surface area contributed by atoms with Gasteiger partial charge in [-0.1, -0.05) is 48.5 Å². The molecule has 9 heteroatoms. The average Bonchev–Trinajstić information content (AvgIpc) is 3.46. The Morgan fingerprint density at radius 2 is 1.79 bits per heavy atom. The van der Waals surface area contributed by atoms with Crippen molar-refractivity contribution >= 4 is 28.9 Å². The lowest BCUT2D eigenvalue weighted by molar-refractivity contribution is -0.150. The fraction of sp³-hybridized carbons (Fsp3) is 0.333. The number of carbonyl (C=O) groups excluding carboxylic acids is 3. The summed E-state index contributed by atoms with van der Waals surface area (Å²) < 4.78 is 10.6. The van der Waals surface area contributed by atoms with E-state index >= 15 is 0 Å². The van der Waals surface area contributed by atoms with Crippen molar-refractivity contribution in [1.82, 2.24) is 20.0 Å². The first-order valence-corrected chi connectivity index (χ1v) is 11.0. The van der Waals surface area contributed by atoms with E-state index in [1.165, 1.54) is 4.90 Å². The van der Waals surface area contributed by atoms with E-state index < -0.39 is 18.1 Å². The highest BCUT2D eigenvalue weighted by Gasteiger charge is 2.44. The third-order valence-corrected chi connectivity index (χ3v) is 6.23. The molecule has 5 rings (SSSR count). The molecule has 2 saturated heterocycles. The van der Waals surface area contributed by atoms with Gasteiger partial charge >= 0.3 is 12.1 Å². The molecule has 0 saturated carbocycles. The number of ether oxygens (including phenoxy) is 2. The largest absolute Gasteiger partial charge is 0.459 e. The van der Waals surface area contributed by atoms with Crippen LogP contribution in [-0.2, 0) is 20.9 Å². The smallest absolute Gasteiger partial charge is 0.410 e. The minimum atomic E-state index is -0.774. The van der Waals surface area contributed by atoms with E-state index in [9.17, 15) is 14.4 Å². The van der Waals surface area contributed by atoms with Crippen LogP contribution in [0.3, 0.4) is 0 Å². The van der Waals surface area contributed by atoms with Crippen LogP contribution >= 0.6 is 0 Å². The first kappa shape index (κ1) is 21.0. The van der Waals surface area contributed by atoms with Crippen molar-refractivity contribution in [1.29, 1.82) is 0 Å².